The molecule has 1 aromatic carbocycles. The van der Waals surface area contributed by atoms with Crippen LogP contribution in [0.3, 0.4) is 0 Å². The zero-order chi connectivity index (χ0) is 19.9. The van der Waals surface area contributed by atoms with E-state index in [1.54, 1.807) is 4.80 Å². The van der Waals surface area contributed by atoms with Crippen molar-refractivity contribution in [1.29, 1.82) is 0 Å². The highest BCUT2D eigenvalue weighted by atomic mass is 32.1. The Morgan fingerprint density at radius 1 is 0.931 bits per heavy atom. The summed E-state index contributed by atoms with van der Waals surface area (Å²) in [6.07, 6.45) is 3.33. The number of aromatic nitrogens is 4. The fraction of sp³-hybridized carbons (Fsp3) is 0.429. The van der Waals surface area contributed by atoms with Crippen molar-refractivity contribution in [3.8, 4) is 11.4 Å². The van der Waals surface area contributed by atoms with Crippen LogP contribution in [0.15, 0.2) is 47.8 Å². The molecule has 0 radical (unpaired) electrons. The molecule has 0 saturated carbocycles. The van der Waals surface area contributed by atoms with Gasteiger partial charge in [-0.05, 0) is 36.0 Å². The molecule has 0 N–H and O–H groups in total. The van der Waals surface area contributed by atoms with E-state index in [2.05, 4.69) is 20.3 Å². The van der Waals surface area contributed by atoms with Gasteiger partial charge >= 0.3 is 0 Å². The molecular formula is C21H26N6OS. The Morgan fingerprint density at radius 2 is 1.72 bits per heavy atom. The number of rotatable bonds is 8. The van der Waals surface area contributed by atoms with E-state index in [0.717, 1.165) is 69.0 Å². The van der Waals surface area contributed by atoms with Crippen molar-refractivity contribution in [1.82, 2.24) is 30.0 Å². The Kier molecular flexibility index (Phi) is 6.63. The van der Waals surface area contributed by atoms with Gasteiger partial charge in [0.1, 0.15) is 0 Å². The summed E-state index contributed by atoms with van der Waals surface area (Å²) >= 11 is 1.52. The molecule has 0 spiro atoms. The number of aryl methyl sites for hydroxylation is 1. The largest absolute Gasteiger partial charge is 0.335 e. The number of carbonyl (C=O) groups is 1. The highest BCUT2D eigenvalue weighted by molar-refractivity contribution is 7.12. The molecule has 1 saturated heterocycles. The highest BCUT2D eigenvalue weighted by Gasteiger charge is 2.22. The molecule has 1 aliphatic heterocycles. The second-order valence-corrected chi connectivity index (χ2v) is 8.19. The van der Waals surface area contributed by atoms with Gasteiger partial charge in [-0.3, -0.25) is 9.69 Å². The number of tetrazole rings is 1. The smallest absolute Gasteiger partial charge is 0.264 e. The molecule has 1 amide bonds. The number of amides is 1. The molecule has 7 nitrogen and oxygen atoms in total. The van der Waals surface area contributed by atoms with Crippen molar-refractivity contribution in [2.24, 2.45) is 0 Å². The number of unbranched alkanes of at least 4 members (excludes halogenated alkanes) is 2. The second kappa shape index (κ2) is 9.76. The van der Waals surface area contributed by atoms with Crippen LogP contribution in [-0.4, -0.2) is 68.6 Å². The van der Waals surface area contributed by atoms with Crippen molar-refractivity contribution in [3.05, 3.63) is 52.7 Å². The molecule has 29 heavy (non-hydrogen) atoms. The molecule has 8 heteroatoms. The van der Waals surface area contributed by atoms with E-state index in [9.17, 15) is 4.79 Å². The van der Waals surface area contributed by atoms with Crippen LogP contribution in [-0.2, 0) is 6.54 Å². The molecule has 0 unspecified atom stereocenters. The van der Waals surface area contributed by atoms with Gasteiger partial charge in [-0.25, -0.2) is 0 Å². The monoisotopic (exact) mass is 410 g/mol. The number of benzene rings is 1. The minimum absolute atomic E-state index is 0.176. The highest BCUT2D eigenvalue weighted by Crippen LogP contribution is 2.15. The Labute approximate surface area is 174 Å². The molecule has 3 heterocycles. The summed E-state index contributed by atoms with van der Waals surface area (Å²) in [5.41, 5.74) is 0.996. The van der Waals surface area contributed by atoms with Crippen molar-refractivity contribution in [3.63, 3.8) is 0 Å². The lowest BCUT2D eigenvalue weighted by Gasteiger charge is -2.34. The van der Waals surface area contributed by atoms with Gasteiger partial charge in [0.2, 0.25) is 5.82 Å². The van der Waals surface area contributed by atoms with Gasteiger partial charge < -0.3 is 4.90 Å². The SMILES string of the molecule is O=C(c1cccs1)N1CCN(CCCCCn2nnc(-c3ccccc3)n2)CC1. The number of hydrogen-bond acceptors (Lipinski definition) is 6. The summed E-state index contributed by atoms with van der Waals surface area (Å²) in [5, 5.41) is 14.7. The number of carbonyl (C=O) groups excluding carboxylic acids is 1. The fourth-order valence-corrected chi connectivity index (χ4v) is 4.23. The molecule has 2 aromatic heterocycles. The summed E-state index contributed by atoms with van der Waals surface area (Å²) in [6, 6.07) is 13.8. The van der Waals surface area contributed by atoms with Crippen LogP contribution in [0.2, 0.25) is 0 Å². The summed E-state index contributed by atoms with van der Waals surface area (Å²) in [5.74, 6) is 0.857. The maximum Gasteiger partial charge on any atom is 0.264 e. The van der Waals surface area contributed by atoms with Gasteiger partial charge in [0.05, 0.1) is 11.4 Å². The fourth-order valence-electron chi connectivity index (χ4n) is 3.54. The zero-order valence-corrected chi connectivity index (χ0v) is 17.3. The van der Waals surface area contributed by atoms with E-state index >= 15 is 0 Å². The Morgan fingerprint density at radius 3 is 2.48 bits per heavy atom. The number of nitrogens with zero attached hydrogens (tertiary/aromatic N) is 6. The summed E-state index contributed by atoms with van der Waals surface area (Å²) < 4.78 is 0. The predicted octanol–water partition coefficient (Wildman–Crippen LogP) is 3.03. The minimum Gasteiger partial charge on any atom is -0.335 e. The first-order valence-electron chi connectivity index (χ1n) is 10.2. The van der Waals surface area contributed by atoms with E-state index in [4.69, 9.17) is 0 Å². The number of piperazine rings is 1. The van der Waals surface area contributed by atoms with Crippen LogP contribution < -0.4 is 0 Å². The van der Waals surface area contributed by atoms with Crippen molar-refractivity contribution in [2.75, 3.05) is 32.7 Å². The van der Waals surface area contributed by atoms with Crippen LogP contribution in [0.4, 0.5) is 0 Å². The van der Waals surface area contributed by atoms with Crippen molar-refractivity contribution in [2.45, 2.75) is 25.8 Å². The lowest BCUT2D eigenvalue weighted by Crippen LogP contribution is -2.48. The van der Waals surface area contributed by atoms with Crippen molar-refractivity contribution < 1.29 is 4.79 Å². The minimum atomic E-state index is 0.176. The average molecular weight is 411 g/mol. The Hall–Kier alpha value is -2.58. The van der Waals surface area contributed by atoms with Crippen LogP contribution in [0, 0.1) is 0 Å². The van der Waals surface area contributed by atoms with Crippen LogP contribution in [0.5, 0.6) is 0 Å². The summed E-state index contributed by atoms with van der Waals surface area (Å²) in [6.45, 7) is 5.44. The lowest BCUT2D eigenvalue weighted by atomic mass is 10.2. The van der Waals surface area contributed by atoms with Gasteiger partial charge in [-0.2, -0.15) is 4.80 Å². The Balaban J connectivity index is 1.12. The first-order valence-corrected chi connectivity index (χ1v) is 11.1. The van der Waals surface area contributed by atoms with Crippen LogP contribution >= 0.6 is 11.3 Å². The predicted molar refractivity (Wildman–Crippen MR) is 114 cm³/mol. The van der Waals surface area contributed by atoms with Gasteiger partial charge in [0, 0.05) is 31.7 Å². The first-order chi connectivity index (χ1) is 14.3. The maximum absolute atomic E-state index is 12.4. The van der Waals surface area contributed by atoms with Gasteiger partial charge in [0.25, 0.3) is 5.91 Å². The van der Waals surface area contributed by atoms with Crippen molar-refractivity contribution >= 4 is 17.2 Å². The topological polar surface area (TPSA) is 67.2 Å². The van der Waals surface area contributed by atoms with Gasteiger partial charge in [-0.15, -0.1) is 21.5 Å². The second-order valence-electron chi connectivity index (χ2n) is 7.25. The molecule has 1 fully saturated rings. The summed E-state index contributed by atoms with van der Waals surface area (Å²) in [7, 11) is 0. The number of hydrogen-bond donors (Lipinski definition) is 0. The third-order valence-corrected chi connectivity index (χ3v) is 6.07. The molecule has 1 aliphatic rings. The van der Waals surface area contributed by atoms with Gasteiger partial charge in [0.15, 0.2) is 0 Å². The van der Waals surface area contributed by atoms with E-state index < -0.39 is 0 Å². The van der Waals surface area contributed by atoms with E-state index in [-0.39, 0.29) is 5.91 Å². The van der Waals surface area contributed by atoms with Gasteiger partial charge in [-0.1, -0.05) is 42.8 Å². The Bertz CT molecular complexity index is 887. The quantitative estimate of drug-likeness (QED) is 0.534. The molecule has 4 rings (SSSR count). The summed E-state index contributed by atoms with van der Waals surface area (Å²) in [4.78, 5) is 19.4. The number of thiophene rings is 1. The zero-order valence-electron chi connectivity index (χ0n) is 16.5. The molecule has 0 aliphatic carbocycles. The van der Waals surface area contributed by atoms with Crippen LogP contribution in [0.1, 0.15) is 28.9 Å². The molecule has 0 bridgehead atoms. The first kappa shape index (κ1) is 19.7. The van der Waals surface area contributed by atoms with E-state index in [0.29, 0.717) is 5.82 Å². The third kappa shape index (κ3) is 5.27. The third-order valence-electron chi connectivity index (χ3n) is 5.21. The van der Waals surface area contributed by atoms with Crippen LogP contribution in [0.25, 0.3) is 11.4 Å². The molecular weight excluding hydrogens is 384 g/mol. The molecule has 0 atom stereocenters. The standard InChI is InChI=1S/C21H26N6OS/c28-21(19-10-7-17-29-19)26-15-13-25(14-16-26)11-5-2-6-12-27-23-20(22-24-27)18-8-3-1-4-9-18/h1,3-4,7-10,17H,2,5-6,11-16H2. The average Bonchev–Trinajstić information content (AvgIpc) is 3.47. The lowest BCUT2D eigenvalue weighted by molar-refractivity contribution is 0.0640. The molecule has 152 valence electrons. The normalized spacial score (nSPS) is 15.0. The molecule has 3 aromatic rings. The van der Waals surface area contributed by atoms with E-state index in [1.807, 2.05) is 52.7 Å². The maximum atomic E-state index is 12.4. The van der Waals surface area contributed by atoms with E-state index in [1.165, 1.54) is 11.3 Å².